The molecule has 0 saturated carbocycles. The number of hydrogen-bond donors (Lipinski definition) is 1. The predicted molar refractivity (Wildman–Crippen MR) is 83.3 cm³/mol. The molecule has 0 bridgehead atoms. The average molecular weight is 264 g/mol. The molecule has 0 atom stereocenters. The van der Waals surface area contributed by atoms with Gasteiger partial charge in [0.05, 0.1) is 12.8 Å². The van der Waals surface area contributed by atoms with Gasteiger partial charge in [-0.05, 0) is 35.7 Å². The molecule has 100 valence electrons. The summed E-state index contributed by atoms with van der Waals surface area (Å²) in [5, 5.41) is 5.38. The fourth-order valence-electron chi connectivity index (χ4n) is 2.30. The minimum Gasteiger partial charge on any atom is -0.497 e. The molecule has 0 aliphatic rings. The third-order valence-electron chi connectivity index (χ3n) is 3.42. The van der Waals surface area contributed by atoms with Crippen LogP contribution < -0.4 is 10.1 Å². The second kappa shape index (κ2) is 5.21. The Bertz CT molecular complexity index is 736. The normalized spacial score (nSPS) is 10.5. The van der Waals surface area contributed by atoms with Gasteiger partial charge in [-0.1, -0.05) is 18.2 Å². The van der Waals surface area contributed by atoms with E-state index in [-0.39, 0.29) is 0 Å². The predicted octanol–water partition coefficient (Wildman–Crippen LogP) is 3.95. The van der Waals surface area contributed by atoms with Crippen LogP contribution in [0.5, 0.6) is 5.75 Å². The maximum absolute atomic E-state index is 5.31. The van der Waals surface area contributed by atoms with Crippen molar-refractivity contribution >= 4 is 16.5 Å². The van der Waals surface area contributed by atoms with Crippen molar-refractivity contribution in [2.75, 3.05) is 19.5 Å². The Kier molecular flexibility index (Phi) is 3.25. The van der Waals surface area contributed by atoms with E-state index in [1.54, 1.807) is 7.11 Å². The SMILES string of the molecule is CNc1ccc(-c2nccc3ccc(OC)cc23)cc1. The molecule has 0 radical (unpaired) electrons. The van der Waals surface area contributed by atoms with Crippen LogP contribution in [0, 0.1) is 0 Å². The van der Waals surface area contributed by atoms with E-state index in [9.17, 15) is 0 Å². The summed E-state index contributed by atoms with van der Waals surface area (Å²) in [6.45, 7) is 0. The number of rotatable bonds is 3. The maximum atomic E-state index is 5.31. The van der Waals surface area contributed by atoms with E-state index in [0.717, 1.165) is 33.5 Å². The smallest absolute Gasteiger partial charge is 0.119 e. The number of ether oxygens (including phenoxy) is 1. The van der Waals surface area contributed by atoms with Crippen LogP contribution in [0.3, 0.4) is 0 Å². The van der Waals surface area contributed by atoms with Crippen LogP contribution >= 0.6 is 0 Å². The maximum Gasteiger partial charge on any atom is 0.119 e. The van der Waals surface area contributed by atoms with Gasteiger partial charge in [-0.15, -0.1) is 0 Å². The van der Waals surface area contributed by atoms with Crippen molar-refractivity contribution in [2.45, 2.75) is 0 Å². The Morgan fingerprint density at radius 1 is 1.00 bits per heavy atom. The van der Waals surface area contributed by atoms with Crippen molar-refractivity contribution in [1.82, 2.24) is 4.98 Å². The zero-order valence-electron chi connectivity index (χ0n) is 11.6. The summed E-state index contributed by atoms with van der Waals surface area (Å²) >= 11 is 0. The molecule has 3 heteroatoms. The van der Waals surface area contributed by atoms with Crippen molar-refractivity contribution in [3.63, 3.8) is 0 Å². The monoisotopic (exact) mass is 264 g/mol. The van der Waals surface area contributed by atoms with Crippen LogP contribution in [0.15, 0.2) is 54.7 Å². The molecule has 3 aromatic rings. The molecule has 3 nitrogen and oxygen atoms in total. The number of aromatic nitrogens is 1. The number of pyridine rings is 1. The number of methoxy groups -OCH3 is 1. The number of hydrogen-bond acceptors (Lipinski definition) is 3. The van der Waals surface area contributed by atoms with E-state index in [0.29, 0.717) is 0 Å². The highest BCUT2D eigenvalue weighted by molar-refractivity contribution is 5.95. The standard InChI is InChI=1S/C17H16N2O/c1-18-14-6-3-13(4-7-14)17-16-11-15(20-2)8-5-12(16)9-10-19-17/h3-11,18H,1-2H3. The van der Waals surface area contributed by atoms with Crippen molar-refractivity contribution in [2.24, 2.45) is 0 Å². The van der Waals surface area contributed by atoms with Crippen LogP contribution in [0.2, 0.25) is 0 Å². The topological polar surface area (TPSA) is 34.2 Å². The van der Waals surface area contributed by atoms with Gasteiger partial charge in [-0.25, -0.2) is 0 Å². The van der Waals surface area contributed by atoms with Gasteiger partial charge in [-0.2, -0.15) is 0 Å². The summed E-state index contributed by atoms with van der Waals surface area (Å²) in [4.78, 5) is 4.53. The lowest BCUT2D eigenvalue weighted by Crippen LogP contribution is -1.90. The average Bonchev–Trinajstić information content (AvgIpc) is 2.54. The van der Waals surface area contributed by atoms with Crippen molar-refractivity contribution < 1.29 is 4.74 Å². The van der Waals surface area contributed by atoms with E-state index in [2.05, 4.69) is 40.6 Å². The number of anilines is 1. The molecular weight excluding hydrogens is 248 g/mol. The zero-order chi connectivity index (χ0) is 13.9. The highest BCUT2D eigenvalue weighted by Crippen LogP contribution is 2.29. The van der Waals surface area contributed by atoms with Gasteiger partial charge in [0.2, 0.25) is 0 Å². The van der Waals surface area contributed by atoms with E-state index < -0.39 is 0 Å². The van der Waals surface area contributed by atoms with Gasteiger partial charge in [0.1, 0.15) is 5.75 Å². The van der Waals surface area contributed by atoms with Crippen LogP contribution in [0.25, 0.3) is 22.0 Å². The van der Waals surface area contributed by atoms with Gasteiger partial charge in [0.25, 0.3) is 0 Å². The molecule has 1 N–H and O–H groups in total. The molecule has 0 unspecified atom stereocenters. The first-order valence-electron chi connectivity index (χ1n) is 6.53. The van der Waals surface area contributed by atoms with Crippen molar-refractivity contribution in [3.05, 3.63) is 54.7 Å². The first-order chi connectivity index (χ1) is 9.81. The largest absolute Gasteiger partial charge is 0.497 e. The highest BCUT2D eigenvalue weighted by atomic mass is 16.5. The Hall–Kier alpha value is -2.55. The summed E-state index contributed by atoms with van der Waals surface area (Å²) in [7, 11) is 3.59. The third-order valence-corrected chi connectivity index (χ3v) is 3.42. The van der Waals surface area contributed by atoms with Crippen LogP contribution in [0.1, 0.15) is 0 Å². The molecule has 20 heavy (non-hydrogen) atoms. The molecule has 0 saturated heterocycles. The molecule has 0 fully saturated rings. The van der Waals surface area contributed by atoms with Gasteiger partial charge < -0.3 is 10.1 Å². The van der Waals surface area contributed by atoms with E-state index in [1.807, 2.05) is 31.4 Å². The lowest BCUT2D eigenvalue weighted by Gasteiger charge is -2.08. The minimum absolute atomic E-state index is 0.846. The number of fused-ring (bicyclic) bond motifs is 1. The fraction of sp³-hybridized carbons (Fsp3) is 0.118. The number of benzene rings is 2. The Balaban J connectivity index is 2.18. The van der Waals surface area contributed by atoms with Gasteiger partial charge in [0, 0.05) is 29.9 Å². The molecular formula is C17H16N2O. The second-order valence-electron chi connectivity index (χ2n) is 4.57. The summed E-state index contributed by atoms with van der Waals surface area (Å²) in [5.74, 6) is 0.846. The molecule has 3 rings (SSSR count). The zero-order valence-corrected chi connectivity index (χ0v) is 11.6. The molecule has 2 aromatic carbocycles. The van der Waals surface area contributed by atoms with Crippen LogP contribution in [0.4, 0.5) is 5.69 Å². The van der Waals surface area contributed by atoms with E-state index in [4.69, 9.17) is 4.74 Å². The van der Waals surface area contributed by atoms with Gasteiger partial charge in [0.15, 0.2) is 0 Å². The Morgan fingerprint density at radius 2 is 1.80 bits per heavy atom. The summed E-state index contributed by atoms with van der Waals surface area (Å²) < 4.78 is 5.31. The number of nitrogens with zero attached hydrogens (tertiary/aromatic N) is 1. The van der Waals surface area contributed by atoms with Crippen molar-refractivity contribution in [3.8, 4) is 17.0 Å². The fourth-order valence-corrected chi connectivity index (χ4v) is 2.30. The summed E-state index contributed by atoms with van der Waals surface area (Å²) in [6.07, 6.45) is 1.84. The molecule has 0 aliphatic carbocycles. The Morgan fingerprint density at radius 3 is 2.50 bits per heavy atom. The van der Waals surface area contributed by atoms with Gasteiger partial charge >= 0.3 is 0 Å². The van der Waals surface area contributed by atoms with Gasteiger partial charge in [-0.3, -0.25) is 4.98 Å². The van der Waals surface area contributed by atoms with Crippen molar-refractivity contribution in [1.29, 1.82) is 0 Å². The lowest BCUT2D eigenvalue weighted by atomic mass is 10.0. The molecule has 0 aliphatic heterocycles. The highest BCUT2D eigenvalue weighted by Gasteiger charge is 2.06. The lowest BCUT2D eigenvalue weighted by molar-refractivity contribution is 0.415. The van der Waals surface area contributed by atoms with Crippen LogP contribution in [-0.2, 0) is 0 Å². The second-order valence-corrected chi connectivity index (χ2v) is 4.57. The molecule has 0 amide bonds. The third kappa shape index (κ3) is 2.18. The quantitative estimate of drug-likeness (QED) is 0.777. The summed E-state index contributed by atoms with van der Waals surface area (Å²) in [6, 6.07) is 16.3. The number of nitrogens with one attached hydrogen (secondary N) is 1. The Labute approximate surface area is 118 Å². The first-order valence-corrected chi connectivity index (χ1v) is 6.53. The van der Waals surface area contributed by atoms with E-state index >= 15 is 0 Å². The molecule has 1 heterocycles. The van der Waals surface area contributed by atoms with E-state index in [1.165, 1.54) is 0 Å². The van der Waals surface area contributed by atoms with Crippen LogP contribution in [-0.4, -0.2) is 19.1 Å². The summed E-state index contributed by atoms with van der Waals surface area (Å²) in [5.41, 5.74) is 3.17. The molecule has 1 aromatic heterocycles. The molecule has 0 spiro atoms. The first kappa shape index (κ1) is 12.5. The minimum atomic E-state index is 0.846.